The molecule has 0 spiro atoms. The predicted octanol–water partition coefficient (Wildman–Crippen LogP) is 5.01. The molecule has 5 nitrogen and oxygen atoms in total. The molecule has 0 saturated carbocycles. The molecule has 2 aromatic carbocycles. The van der Waals surface area contributed by atoms with Crippen molar-refractivity contribution in [3.63, 3.8) is 0 Å². The van der Waals surface area contributed by atoms with E-state index in [0.717, 1.165) is 17.7 Å². The SMILES string of the molecule is CO/N=C/c1ccc(OC[C@@H]2CC(c3ccc(C#N)c(C(F)(F)F)c3)[C@H](C(F)(F)F)N2)cc1. The number of alkyl halides is 6. The lowest BCUT2D eigenvalue weighted by Gasteiger charge is -2.23. The lowest BCUT2D eigenvalue weighted by atomic mass is 9.88. The van der Waals surface area contributed by atoms with E-state index >= 15 is 0 Å². The number of oxime groups is 1. The Hall–Kier alpha value is -3.26. The van der Waals surface area contributed by atoms with Crippen LogP contribution in [0.25, 0.3) is 0 Å². The highest BCUT2D eigenvalue weighted by Crippen LogP contribution is 2.42. The number of ether oxygens (including phenoxy) is 1. The summed E-state index contributed by atoms with van der Waals surface area (Å²) in [5, 5.41) is 15.0. The zero-order chi connectivity index (χ0) is 24.2. The molecule has 0 aromatic heterocycles. The van der Waals surface area contributed by atoms with Gasteiger partial charge in [-0.15, -0.1) is 0 Å². The van der Waals surface area contributed by atoms with Crippen molar-refractivity contribution in [2.45, 2.75) is 36.8 Å². The molecule has 33 heavy (non-hydrogen) atoms. The first kappa shape index (κ1) is 24.4. The van der Waals surface area contributed by atoms with Gasteiger partial charge in [-0.1, -0.05) is 11.2 Å². The quantitative estimate of drug-likeness (QED) is 0.365. The standard InChI is InChI=1S/C22H19F6N3O2/c1-32-30-11-13-2-6-17(7-3-13)33-12-16-9-18(20(31-16)22(26,27)28)14-4-5-15(10-29)19(8-14)21(23,24)25/h2-8,11,16,18,20,31H,9,12H2,1H3/b30-11+/t16-,18?,20+/m0/s1. The minimum Gasteiger partial charge on any atom is -0.492 e. The van der Waals surface area contributed by atoms with Crippen molar-refractivity contribution in [2.24, 2.45) is 5.16 Å². The molecule has 3 atom stereocenters. The van der Waals surface area contributed by atoms with Gasteiger partial charge in [0.2, 0.25) is 0 Å². The minimum atomic E-state index is -4.86. The Kier molecular flexibility index (Phi) is 7.17. The highest BCUT2D eigenvalue weighted by molar-refractivity contribution is 5.79. The average molecular weight is 471 g/mol. The molecule has 1 fully saturated rings. The van der Waals surface area contributed by atoms with Crippen LogP contribution >= 0.6 is 0 Å². The molecular weight excluding hydrogens is 452 g/mol. The van der Waals surface area contributed by atoms with Crippen molar-refractivity contribution in [3.05, 3.63) is 64.7 Å². The summed E-state index contributed by atoms with van der Waals surface area (Å²) in [5.41, 5.74) is -1.30. The van der Waals surface area contributed by atoms with E-state index in [9.17, 15) is 26.3 Å². The first-order chi connectivity index (χ1) is 15.5. The van der Waals surface area contributed by atoms with E-state index in [-0.39, 0.29) is 18.6 Å². The second-order valence-electron chi connectivity index (χ2n) is 7.44. The molecule has 2 aromatic rings. The van der Waals surface area contributed by atoms with Crippen LogP contribution in [0, 0.1) is 11.3 Å². The minimum absolute atomic E-state index is 0.0913. The van der Waals surface area contributed by atoms with E-state index in [4.69, 9.17) is 10.00 Å². The maximum absolute atomic E-state index is 13.7. The van der Waals surface area contributed by atoms with E-state index in [0.29, 0.717) is 11.8 Å². The lowest BCUT2D eigenvalue weighted by Crippen LogP contribution is -2.44. The molecule has 3 rings (SSSR count). The van der Waals surface area contributed by atoms with Crippen LogP contribution in [-0.2, 0) is 11.0 Å². The van der Waals surface area contributed by atoms with Gasteiger partial charge in [-0.05, 0) is 53.9 Å². The van der Waals surface area contributed by atoms with Crippen molar-refractivity contribution >= 4 is 6.21 Å². The first-order valence-corrected chi connectivity index (χ1v) is 9.76. The summed E-state index contributed by atoms with van der Waals surface area (Å²) < 4.78 is 86.4. The summed E-state index contributed by atoms with van der Waals surface area (Å²) in [5.74, 6) is -0.851. The van der Waals surface area contributed by atoms with E-state index < -0.39 is 41.5 Å². The van der Waals surface area contributed by atoms with Crippen LogP contribution in [0.5, 0.6) is 5.75 Å². The normalized spacial score (nSPS) is 21.2. The largest absolute Gasteiger partial charge is 0.492 e. The Morgan fingerprint density at radius 3 is 2.39 bits per heavy atom. The summed E-state index contributed by atoms with van der Waals surface area (Å²) >= 11 is 0. The van der Waals surface area contributed by atoms with Crippen molar-refractivity contribution in [1.82, 2.24) is 5.32 Å². The molecule has 0 bridgehead atoms. The highest BCUT2D eigenvalue weighted by atomic mass is 19.4. The van der Waals surface area contributed by atoms with Gasteiger partial charge in [0.25, 0.3) is 0 Å². The van der Waals surface area contributed by atoms with Gasteiger partial charge in [0.05, 0.1) is 23.4 Å². The summed E-state index contributed by atoms with van der Waals surface area (Å²) in [6.07, 6.45) is -8.17. The van der Waals surface area contributed by atoms with Crippen LogP contribution in [0.15, 0.2) is 47.6 Å². The molecule has 1 aliphatic rings. The fourth-order valence-corrected chi connectivity index (χ4v) is 3.73. The van der Waals surface area contributed by atoms with Gasteiger partial charge in [-0.2, -0.15) is 31.6 Å². The second-order valence-corrected chi connectivity index (χ2v) is 7.44. The molecule has 0 radical (unpaired) electrons. The zero-order valence-electron chi connectivity index (χ0n) is 17.2. The highest BCUT2D eigenvalue weighted by Gasteiger charge is 2.51. The van der Waals surface area contributed by atoms with Gasteiger partial charge >= 0.3 is 12.4 Å². The number of nitriles is 1. The third kappa shape index (κ3) is 5.96. The topological polar surface area (TPSA) is 66.6 Å². The molecule has 1 unspecified atom stereocenters. The van der Waals surface area contributed by atoms with E-state index in [1.807, 2.05) is 0 Å². The van der Waals surface area contributed by atoms with Gasteiger partial charge in [-0.25, -0.2) is 0 Å². The van der Waals surface area contributed by atoms with Crippen molar-refractivity contribution in [3.8, 4) is 11.8 Å². The molecule has 176 valence electrons. The number of benzene rings is 2. The van der Waals surface area contributed by atoms with Crippen LogP contribution in [-0.4, -0.2) is 38.2 Å². The summed E-state index contributed by atoms with van der Waals surface area (Å²) in [6, 6.07) is 7.89. The van der Waals surface area contributed by atoms with Gasteiger partial charge in [-0.3, -0.25) is 5.32 Å². The fourth-order valence-electron chi connectivity index (χ4n) is 3.73. The molecule has 0 amide bonds. The fraction of sp³-hybridized carbons (Fsp3) is 0.364. The molecular formula is C22H19F6N3O2. The summed E-state index contributed by atoms with van der Waals surface area (Å²) in [6.45, 7) is -0.114. The van der Waals surface area contributed by atoms with E-state index in [1.54, 1.807) is 24.3 Å². The van der Waals surface area contributed by atoms with Crippen LogP contribution in [0.2, 0.25) is 0 Å². The maximum Gasteiger partial charge on any atom is 0.417 e. The lowest BCUT2D eigenvalue weighted by molar-refractivity contribution is -0.156. The van der Waals surface area contributed by atoms with Crippen LogP contribution in [0.3, 0.4) is 0 Å². The Balaban J connectivity index is 1.77. The summed E-state index contributed by atoms with van der Waals surface area (Å²) in [4.78, 5) is 4.57. The van der Waals surface area contributed by atoms with Crippen LogP contribution in [0.1, 0.15) is 34.6 Å². The second kappa shape index (κ2) is 9.70. The Bertz CT molecular complexity index is 1030. The predicted molar refractivity (Wildman–Crippen MR) is 107 cm³/mol. The molecule has 1 heterocycles. The number of nitrogens with one attached hydrogen (secondary N) is 1. The number of hydrogen-bond acceptors (Lipinski definition) is 5. The average Bonchev–Trinajstić information content (AvgIpc) is 3.21. The Labute approximate surface area is 185 Å². The number of hydrogen-bond donors (Lipinski definition) is 1. The number of nitrogens with zero attached hydrogens (tertiary/aromatic N) is 2. The van der Waals surface area contributed by atoms with Gasteiger partial charge < -0.3 is 9.57 Å². The monoisotopic (exact) mass is 471 g/mol. The Morgan fingerprint density at radius 2 is 1.82 bits per heavy atom. The smallest absolute Gasteiger partial charge is 0.417 e. The Morgan fingerprint density at radius 1 is 1.12 bits per heavy atom. The third-order valence-electron chi connectivity index (χ3n) is 5.24. The molecule has 0 aliphatic carbocycles. The molecule has 11 heteroatoms. The van der Waals surface area contributed by atoms with Crippen molar-refractivity contribution in [2.75, 3.05) is 13.7 Å². The number of rotatable bonds is 6. The van der Waals surface area contributed by atoms with Crippen molar-refractivity contribution in [1.29, 1.82) is 5.26 Å². The molecule has 1 saturated heterocycles. The van der Waals surface area contributed by atoms with Gasteiger partial charge in [0.15, 0.2) is 0 Å². The molecule has 1 N–H and O–H groups in total. The van der Waals surface area contributed by atoms with Crippen LogP contribution in [0.4, 0.5) is 26.3 Å². The van der Waals surface area contributed by atoms with Gasteiger partial charge in [0.1, 0.15) is 25.5 Å². The maximum atomic E-state index is 13.7. The third-order valence-corrected chi connectivity index (χ3v) is 5.24. The first-order valence-electron chi connectivity index (χ1n) is 9.76. The summed E-state index contributed by atoms with van der Waals surface area (Å²) in [7, 11) is 1.39. The molecule has 1 aliphatic heterocycles. The number of halogens is 6. The van der Waals surface area contributed by atoms with Crippen molar-refractivity contribution < 1.29 is 35.9 Å². The van der Waals surface area contributed by atoms with Gasteiger partial charge in [0, 0.05) is 12.0 Å². The van der Waals surface area contributed by atoms with E-state index in [1.165, 1.54) is 19.4 Å². The van der Waals surface area contributed by atoms with E-state index in [2.05, 4.69) is 15.3 Å². The zero-order valence-corrected chi connectivity index (χ0v) is 17.2. The van der Waals surface area contributed by atoms with Crippen LogP contribution < -0.4 is 10.1 Å².